The molecule has 2 aromatic rings. The van der Waals surface area contributed by atoms with E-state index in [9.17, 15) is 14.7 Å². The fourth-order valence-corrected chi connectivity index (χ4v) is 4.14. The number of rotatable bonds is 3. The van der Waals surface area contributed by atoms with Gasteiger partial charge in [0.05, 0.1) is 5.56 Å². The van der Waals surface area contributed by atoms with E-state index in [1.165, 1.54) is 18.3 Å². The van der Waals surface area contributed by atoms with Crippen LogP contribution in [0.4, 0.5) is 10.7 Å². The van der Waals surface area contributed by atoms with E-state index in [1.807, 2.05) is 0 Å². The number of H-pyrrole nitrogens is 1. The first-order chi connectivity index (χ1) is 11.9. The molecule has 25 heavy (non-hydrogen) atoms. The van der Waals surface area contributed by atoms with Crippen LogP contribution in [0.25, 0.3) is 0 Å². The highest BCUT2D eigenvalue weighted by Crippen LogP contribution is 2.40. The molecule has 0 saturated heterocycles. The number of nitriles is 1. The zero-order valence-electron chi connectivity index (χ0n) is 13.4. The minimum absolute atomic E-state index is 0.0749. The van der Waals surface area contributed by atoms with Crippen LogP contribution in [-0.2, 0) is 12.8 Å². The van der Waals surface area contributed by atoms with Crippen molar-refractivity contribution < 1.29 is 9.90 Å². The van der Waals surface area contributed by atoms with E-state index >= 15 is 0 Å². The van der Waals surface area contributed by atoms with Crippen LogP contribution in [0.15, 0.2) is 15.0 Å². The van der Waals surface area contributed by atoms with E-state index in [0.717, 1.165) is 36.1 Å². The number of amides is 1. The number of azo groups is 1. The molecule has 0 radical (unpaired) electrons. The lowest BCUT2D eigenvalue weighted by Crippen LogP contribution is -2.14. The summed E-state index contributed by atoms with van der Waals surface area (Å²) in [5.41, 5.74) is 6.17. The minimum atomic E-state index is -0.667. The highest BCUT2D eigenvalue weighted by Gasteiger charge is 2.24. The Balaban J connectivity index is 2.10. The van der Waals surface area contributed by atoms with Crippen LogP contribution in [0.5, 0.6) is 5.88 Å². The highest BCUT2D eigenvalue weighted by molar-refractivity contribution is 7.16. The van der Waals surface area contributed by atoms with Gasteiger partial charge >= 0.3 is 0 Å². The van der Waals surface area contributed by atoms with Crippen LogP contribution in [0.1, 0.15) is 44.8 Å². The van der Waals surface area contributed by atoms with Gasteiger partial charge < -0.3 is 10.8 Å². The molecule has 0 aromatic carbocycles. The molecule has 0 atom stereocenters. The van der Waals surface area contributed by atoms with Crippen molar-refractivity contribution in [1.82, 2.24) is 4.98 Å². The second kappa shape index (κ2) is 6.49. The number of nitrogens with one attached hydrogen (secondary N) is 1. The summed E-state index contributed by atoms with van der Waals surface area (Å²) in [6, 6.07) is 1.81. The van der Waals surface area contributed by atoms with Crippen LogP contribution in [0.2, 0.25) is 0 Å². The van der Waals surface area contributed by atoms with Gasteiger partial charge in [-0.1, -0.05) is 0 Å². The molecule has 3 rings (SSSR count). The van der Waals surface area contributed by atoms with Gasteiger partial charge in [0, 0.05) is 10.4 Å². The van der Waals surface area contributed by atoms with Gasteiger partial charge in [-0.25, -0.2) is 0 Å². The summed E-state index contributed by atoms with van der Waals surface area (Å²) >= 11 is 1.35. The van der Waals surface area contributed by atoms with Gasteiger partial charge in [-0.15, -0.1) is 21.6 Å². The number of hydrogen-bond acceptors (Lipinski definition) is 7. The highest BCUT2D eigenvalue weighted by atomic mass is 32.1. The lowest BCUT2D eigenvalue weighted by molar-refractivity contribution is 0.1000. The predicted octanol–water partition coefficient (Wildman–Crippen LogP) is 2.72. The lowest BCUT2D eigenvalue weighted by atomic mass is 9.95. The number of pyridine rings is 1. The molecule has 4 N–H and O–H groups in total. The number of nitrogens with zero attached hydrogens (tertiary/aromatic N) is 3. The van der Waals surface area contributed by atoms with Crippen molar-refractivity contribution in [2.24, 2.45) is 16.0 Å². The maximum Gasteiger partial charge on any atom is 0.278 e. The smallest absolute Gasteiger partial charge is 0.278 e. The Hall–Kier alpha value is -2.99. The van der Waals surface area contributed by atoms with Crippen LogP contribution < -0.4 is 11.3 Å². The number of carbonyl (C=O) groups excluding carboxylic acids is 1. The van der Waals surface area contributed by atoms with E-state index < -0.39 is 17.3 Å². The van der Waals surface area contributed by atoms with Crippen molar-refractivity contribution in [1.29, 1.82) is 5.26 Å². The third-order valence-corrected chi connectivity index (χ3v) is 5.34. The van der Waals surface area contributed by atoms with Gasteiger partial charge in [0.1, 0.15) is 11.6 Å². The van der Waals surface area contributed by atoms with Crippen molar-refractivity contribution >= 4 is 27.9 Å². The van der Waals surface area contributed by atoms with Crippen molar-refractivity contribution in [3.8, 4) is 11.9 Å². The number of carbonyl (C=O) groups is 1. The van der Waals surface area contributed by atoms with Crippen LogP contribution in [0, 0.1) is 18.3 Å². The summed E-state index contributed by atoms with van der Waals surface area (Å²) in [6.07, 6.45) is 3.68. The molecular formula is C16H15N5O3S. The fourth-order valence-electron chi connectivity index (χ4n) is 2.92. The number of fused-ring (bicyclic) bond motifs is 1. The molecule has 9 heteroatoms. The van der Waals surface area contributed by atoms with Crippen molar-refractivity contribution in [3.63, 3.8) is 0 Å². The van der Waals surface area contributed by atoms with Crippen LogP contribution >= 0.6 is 11.3 Å². The summed E-state index contributed by atoms with van der Waals surface area (Å²) in [5.74, 6) is -1.07. The Morgan fingerprint density at radius 3 is 2.76 bits per heavy atom. The largest absolute Gasteiger partial charge is 0.494 e. The second-order valence-electron chi connectivity index (χ2n) is 5.72. The zero-order valence-corrected chi connectivity index (χ0v) is 14.2. The maximum absolute atomic E-state index is 12.0. The maximum atomic E-state index is 12.0. The molecule has 1 aliphatic rings. The molecule has 8 nitrogen and oxygen atoms in total. The molecule has 2 aromatic heterocycles. The first-order valence-electron chi connectivity index (χ1n) is 7.66. The topological polar surface area (TPSA) is 145 Å². The Morgan fingerprint density at radius 1 is 1.36 bits per heavy atom. The van der Waals surface area contributed by atoms with Gasteiger partial charge in [-0.2, -0.15) is 5.26 Å². The van der Waals surface area contributed by atoms with Gasteiger partial charge in [0.15, 0.2) is 10.7 Å². The van der Waals surface area contributed by atoms with Gasteiger partial charge in [0.2, 0.25) is 5.88 Å². The molecule has 0 aliphatic heterocycles. The number of primary amides is 1. The van der Waals surface area contributed by atoms with Gasteiger partial charge in [-0.3, -0.25) is 14.6 Å². The summed E-state index contributed by atoms with van der Waals surface area (Å²) in [6.45, 7) is 1.50. The molecule has 0 bridgehead atoms. The van der Waals surface area contributed by atoms with Crippen LogP contribution in [0.3, 0.4) is 0 Å². The molecule has 128 valence electrons. The normalized spacial score (nSPS) is 13.6. The Kier molecular flexibility index (Phi) is 4.37. The molecule has 2 heterocycles. The number of aromatic hydroxyl groups is 1. The number of nitrogens with two attached hydrogens (primary N) is 1. The van der Waals surface area contributed by atoms with Crippen molar-refractivity contribution in [3.05, 3.63) is 37.5 Å². The average molecular weight is 357 g/mol. The van der Waals surface area contributed by atoms with E-state index in [-0.39, 0.29) is 16.8 Å². The van der Waals surface area contributed by atoms with E-state index in [1.54, 1.807) is 6.07 Å². The monoisotopic (exact) mass is 357 g/mol. The van der Waals surface area contributed by atoms with Gasteiger partial charge in [-0.05, 0) is 38.2 Å². The molecule has 1 aliphatic carbocycles. The zero-order chi connectivity index (χ0) is 18.1. The third kappa shape index (κ3) is 2.92. The van der Waals surface area contributed by atoms with Gasteiger partial charge in [0.25, 0.3) is 11.5 Å². The van der Waals surface area contributed by atoms with E-state index in [2.05, 4.69) is 15.2 Å². The number of aromatic nitrogens is 1. The summed E-state index contributed by atoms with van der Waals surface area (Å²) in [5, 5.41) is 27.0. The molecule has 0 unspecified atom stereocenters. The standard InChI is InChI=1S/C16H15N5O3S/c1-7-9(6-17)14(23)19-15(24)12(7)20-21-16-11(13(18)22)8-4-2-3-5-10(8)25-16/h2-5H2,1H3,(H2,18,22)(H2,19,23,24). The Labute approximate surface area is 146 Å². The summed E-state index contributed by atoms with van der Waals surface area (Å²) in [7, 11) is 0. The molecule has 1 amide bonds. The van der Waals surface area contributed by atoms with Crippen molar-refractivity contribution in [2.45, 2.75) is 32.6 Å². The minimum Gasteiger partial charge on any atom is -0.494 e. The first kappa shape index (κ1) is 16.9. The molecule has 0 fully saturated rings. The lowest BCUT2D eigenvalue weighted by Gasteiger charge is -2.10. The quantitative estimate of drug-likeness (QED) is 0.725. The number of aromatic amines is 1. The predicted molar refractivity (Wildman–Crippen MR) is 91.8 cm³/mol. The number of hydrogen-bond donors (Lipinski definition) is 3. The Bertz CT molecular complexity index is 997. The molecule has 0 saturated carbocycles. The van der Waals surface area contributed by atoms with E-state index in [4.69, 9.17) is 11.0 Å². The van der Waals surface area contributed by atoms with E-state index in [0.29, 0.717) is 10.6 Å². The number of aryl methyl sites for hydroxylation is 1. The molecule has 0 spiro atoms. The number of thiophene rings is 1. The first-order valence-corrected chi connectivity index (χ1v) is 8.47. The second-order valence-corrected chi connectivity index (χ2v) is 6.80. The summed E-state index contributed by atoms with van der Waals surface area (Å²) in [4.78, 5) is 27.1. The molecular weight excluding hydrogens is 342 g/mol. The van der Waals surface area contributed by atoms with Crippen LogP contribution in [-0.4, -0.2) is 16.0 Å². The summed E-state index contributed by atoms with van der Waals surface area (Å²) < 4.78 is 0. The Morgan fingerprint density at radius 2 is 2.08 bits per heavy atom. The fraction of sp³-hybridized carbons (Fsp3) is 0.312. The third-order valence-electron chi connectivity index (χ3n) is 4.17. The SMILES string of the molecule is Cc1c(C#N)c(O)[nH]c(=O)c1N=Nc1sc2c(c1C(N)=O)CCCC2. The van der Waals surface area contributed by atoms with Crippen molar-refractivity contribution in [2.75, 3.05) is 0 Å². The average Bonchev–Trinajstić information content (AvgIpc) is 2.93.